The number of hydrogen-bond acceptors (Lipinski definition) is 5. The molecule has 6 nitrogen and oxygen atoms in total. The van der Waals surface area contributed by atoms with Crippen molar-refractivity contribution in [3.05, 3.63) is 23.9 Å². The molecule has 102 valence electrons. The van der Waals surface area contributed by atoms with Gasteiger partial charge in [0.2, 0.25) is 5.91 Å². The largest absolute Gasteiger partial charge is 0.469 e. The number of carbonyl (C=O) groups is 1. The van der Waals surface area contributed by atoms with Crippen molar-refractivity contribution in [2.24, 2.45) is 0 Å². The zero-order chi connectivity index (χ0) is 14.0. The van der Waals surface area contributed by atoms with Gasteiger partial charge in [0.05, 0.1) is 17.4 Å². The molecular formula is C13H17N3O3. The molecule has 2 aromatic heterocycles. The molecule has 0 radical (unpaired) electrons. The summed E-state index contributed by atoms with van der Waals surface area (Å²) in [5, 5.41) is 6.71. The molecule has 0 unspecified atom stereocenters. The molecule has 2 rings (SSSR count). The summed E-state index contributed by atoms with van der Waals surface area (Å²) in [6, 6.07) is 1.79. The Labute approximate surface area is 111 Å². The van der Waals surface area contributed by atoms with E-state index < -0.39 is 5.54 Å². The van der Waals surface area contributed by atoms with Gasteiger partial charge in [-0.2, -0.15) is 4.98 Å². The molecule has 1 amide bonds. The lowest BCUT2D eigenvalue weighted by molar-refractivity contribution is -0.120. The van der Waals surface area contributed by atoms with Crippen LogP contribution in [0.1, 0.15) is 39.3 Å². The molecule has 19 heavy (non-hydrogen) atoms. The highest BCUT2D eigenvalue weighted by Crippen LogP contribution is 2.26. The van der Waals surface area contributed by atoms with Crippen molar-refractivity contribution in [2.75, 3.05) is 0 Å². The lowest BCUT2D eigenvalue weighted by Crippen LogP contribution is -2.40. The van der Waals surface area contributed by atoms with E-state index in [-0.39, 0.29) is 5.91 Å². The maximum atomic E-state index is 11.2. The quantitative estimate of drug-likeness (QED) is 0.915. The first-order valence-electron chi connectivity index (χ1n) is 6.13. The van der Waals surface area contributed by atoms with Gasteiger partial charge < -0.3 is 14.3 Å². The van der Waals surface area contributed by atoms with E-state index in [1.165, 1.54) is 6.92 Å². The molecule has 0 aliphatic carbocycles. The Bertz CT molecular complexity index is 583. The molecule has 0 saturated carbocycles. The smallest absolute Gasteiger partial charge is 0.261 e. The molecule has 1 N–H and O–H groups in total. The monoisotopic (exact) mass is 263 g/mol. The van der Waals surface area contributed by atoms with E-state index in [2.05, 4.69) is 15.5 Å². The van der Waals surface area contributed by atoms with Crippen LogP contribution in [0.2, 0.25) is 0 Å². The lowest BCUT2D eigenvalue weighted by atomic mass is 10.1. The van der Waals surface area contributed by atoms with Crippen LogP contribution in [-0.2, 0) is 16.8 Å². The van der Waals surface area contributed by atoms with Gasteiger partial charge in [-0.1, -0.05) is 12.1 Å². The molecule has 2 heterocycles. The first kappa shape index (κ1) is 13.3. The van der Waals surface area contributed by atoms with Crippen molar-refractivity contribution in [3.8, 4) is 11.5 Å². The van der Waals surface area contributed by atoms with E-state index in [0.717, 1.165) is 17.7 Å². The standard InChI is InChI=1S/C13H17N3O3/c1-5-10-9(6-7-18-10)11-14-12(16-19-11)13(3,4)15-8(2)17/h6-7H,5H2,1-4H3,(H,15,17). The highest BCUT2D eigenvalue weighted by atomic mass is 16.5. The second-order valence-corrected chi connectivity index (χ2v) is 4.84. The Kier molecular flexibility index (Phi) is 3.42. The fourth-order valence-electron chi connectivity index (χ4n) is 1.89. The van der Waals surface area contributed by atoms with Crippen LogP contribution in [0, 0.1) is 0 Å². The van der Waals surface area contributed by atoms with E-state index >= 15 is 0 Å². The normalized spacial score (nSPS) is 11.6. The number of nitrogens with zero attached hydrogens (tertiary/aromatic N) is 2. The van der Waals surface area contributed by atoms with Crippen molar-refractivity contribution in [1.82, 2.24) is 15.5 Å². The predicted molar refractivity (Wildman–Crippen MR) is 68.2 cm³/mol. The van der Waals surface area contributed by atoms with Crippen molar-refractivity contribution in [1.29, 1.82) is 0 Å². The van der Waals surface area contributed by atoms with Gasteiger partial charge in [0.25, 0.3) is 5.89 Å². The summed E-state index contributed by atoms with van der Waals surface area (Å²) in [5.74, 6) is 1.49. The van der Waals surface area contributed by atoms with Gasteiger partial charge in [-0.15, -0.1) is 0 Å². The summed E-state index contributed by atoms with van der Waals surface area (Å²) < 4.78 is 10.6. The van der Waals surface area contributed by atoms with Crippen LogP contribution in [0.5, 0.6) is 0 Å². The maximum absolute atomic E-state index is 11.2. The van der Waals surface area contributed by atoms with Gasteiger partial charge >= 0.3 is 0 Å². The van der Waals surface area contributed by atoms with Crippen LogP contribution in [0.4, 0.5) is 0 Å². The van der Waals surface area contributed by atoms with Crippen molar-refractivity contribution in [2.45, 2.75) is 39.7 Å². The van der Waals surface area contributed by atoms with E-state index in [1.54, 1.807) is 12.3 Å². The molecule has 0 aliphatic rings. The van der Waals surface area contributed by atoms with E-state index in [0.29, 0.717) is 11.7 Å². The number of rotatable bonds is 4. The first-order valence-corrected chi connectivity index (χ1v) is 6.13. The zero-order valence-corrected chi connectivity index (χ0v) is 11.5. The molecule has 0 aromatic carbocycles. The number of aryl methyl sites for hydroxylation is 1. The third kappa shape index (κ3) is 2.67. The number of aromatic nitrogens is 2. The van der Waals surface area contributed by atoms with Crippen LogP contribution in [0.3, 0.4) is 0 Å². The highest BCUT2D eigenvalue weighted by molar-refractivity contribution is 5.73. The molecular weight excluding hydrogens is 246 g/mol. The summed E-state index contributed by atoms with van der Waals surface area (Å²) in [6.07, 6.45) is 2.34. The molecule has 0 spiro atoms. The SMILES string of the molecule is CCc1occc1-c1nc(C(C)(C)NC(C)=O)no1. The number of amides is 1. The van der Waals surface area contributed by atoms with Gasteiger partial charge in [0.1, 0.15) is 5.76 Å². The minimum absolute atomic E-state index is 0.145. The lowest BCUT2D eigenvalue weighted by Gasteiger charge is -2.20. The van der Waals surface area contributed by atoms with Crippen LogP contribution >= 0.6 is 0 Å². The fourth-order valence-corrected chi connectivity index (χ4v) is 1.89. The second-order valence-electron chi connectivity index (χ2n) is 4.84. The molecule has 0 atom stereocenters. The topological polar surface area (TPSA) is 81.2 Å². The maximum Gasteiger partial charge on any atom is 0.261 e. The second kappa shape index (κ2) is 4.87. The zero-order valence-electron chi connectivity index (χ0n) is 11.5. The van der Waals surface area contributed by atoms with Crippen LogP contribution in [-0.4, -0.2) is 16.0 Å². The molecule has 0 saturated heterocycles. The Morgan fingerprint density at radius 3 is 2.84 bits per heavy atom. The summed E-state index contributed by atoms with van der Waals surface area (Å²) in [6.45, 7) is 7.08. The predicted octanol–water partition coefficient (Wildman–Crippen LogP) is 2.26. The third-order valence-corrected chi connectivity index (χ3v) is 2.77. The van der Waals surface area contributed by atoms with Crippen molar-refractivity contribution >= 4 is 5.91 Å². The third-order valence-electron chi connectivity index (χ3n) is 2.77. The first-order chi connectivity index (χ1) is 8.94. The summed E-state index contributed by atoms with van der Waals surface area (Å²) in [4.78, 5) is 15.5. The van der Waals surface area contributed by atoms with Crippen molar-refractivity contribution < 1.29 is 13.7 Å². The highest BCUT2D eigenvalue weighted by Gasteiger charge is 2.28. The van der Waals surface area contributed by atoms with Crippen molar-refractivity contribution in [3.63, 3.8) is 0 Å². The minimum Gasteiger partial charge on any atom is -0.469 e. The number of furan rings is 1. The minimum atomic E-state index is -0.677. The summed E-state index contributed by atoms with van der Waals surface area (Å²) in [5.41, 5.74) is 0.115. The van der Waals surface area contributed by atoms with Gasteiger partial charge in [-0.25, -0.2) is 0 Å². The van der Waals surface area contributed by atoms with Crippen LogP contribution in [0.15, 0.2) is 21.3 Å². The molecule has 2 aromatic rings. The summed E-state index contributed by atoms with van der Waals surface area (Å²) in [7, 11) is 0. The number of hydrogen-bond donors (Lipinski definition) is 1. The van der Waals surface area contributed by atoms with Gasteiger partial charge in [0, 0.05) is 13.3 Å². The van der Waals surface area contributed by atoms with Crippen LogP contribution < -0.4 is 5.32 Å². The molecule has 6 heteroatoms. The Hall–Kier alpha value is -2.11. The fraction of sp³-hybridized carbons (Fsp3) is 0.462. The Morgan fingerprint density at radius 1 is 1.47 bits per heavy atom. The number of carbonyl (C=O) groups excluding carboxylic acids is 1. The average Bonchev–Trinajstić information content (AvgIpc) is 2.95. The van der Waals surface area contributed by atoms with Gasteiger partial charge in [0.15, 0.2) is 5.82 Å². The van der Waals surface area contributed by atoms with Gasteiger partial charge in [-0.3, -0.25) is 4.79 Å². The van der Waals surface area contributed by atoms with E-state index in [1.807, 2.05) is 20.8 Å². The van der Waals surface area contributed by atoms with Crippen LogP contribution in [0.25, 0.3) is 11.5 Å². The van der Waals surface area contributed by atoms with E-state index in [9.17, 15) is 4.79 Å². The molecule has 0 aliphatic heterocycles. The molecule has 0 bridgehead atoms. The van der Waals surface area contributed by atoms with Gasteiger partial charge in [-0.05, 0) is 19.9 Å². The Morgan fingerprint density at radius 2 is 2.21 bits per heavy atom. The number of nitrogens with one attached hydrogen (secondary N) is 1. The molecule has 0 fully saturated rings. The van der Waals surface area contributed by atoms with E-state index in [4.69, 9.17) is 8.94 Å². The average molecular weight is 263 g/mol. The summed E-state index contributed by atoms with van der Waals surface area (Å²) >= 11 is 0. The Balaban J connectivity index is 2.31.